The van der Waals surface area contributed by atoms with E-state index in [9.17, 15) is 0 Å². The summed E-state index contributed by atoms with van der Waals surface area (Å²) in [7, 11) is 3.23. The van der Waals surface area contributed by atoms with E-state index in [1.807, 2.05) is 18.2 Å². The van der Waals surface area contributed by atoms with Gasteiger partial charge in [0.05, 0.1) is 14.2 Å². The first-order valence-electron chi connectivity index (χ1n) is 5.77. The molecule has 1 heterocycles. The number of ether oxygens (including phenoxy) is 2. The zero-order valence-electron chi connectivity index (χ0n) is 10.8. The Balaban J connectivity index is 2.14. The van der Waals surface area contributed by atoms with Crippen molar-refractivity contribution in [3.8, 4) is 11.5 Å². The van der Waals surface area contributed by atoms with Crippen LogP contribution in [0.4, 0.5) is 5.95 Å². The Morgan fingerprint density at radius 2 is 2.05 bits per heavy atom. The number of H-pyrrole nitrogens is 1. The van der Waals surface area contributed by atoms with Gasteiger partial charge >= 0.3 is 0 Å². The number of aromatic nitrogens is 3. The summed E-state index contributed by atoms with van der Waals surface area (Å²) in [6.45, 7) is 0.663. The maximum absolute atomic E-state index is 5.72. The van der Waals surface area contributed by atoms with E-state index in [-0.39, 0.29) is 0 Å². The summed E-state index contributed by atoms with van der Waals surface area (Å²) >= 11 is 5.10. The van der Waals surface area contributed by atoms with E-state index in [4.69, 9.17) is 27.4 Å². The maximum atomic E-state index is 5.72. The van der Waals surface area contributed by atoms with Crippen molar-refractivity contribution in [2.75, 3.05) is 20.0 Å². The molecule has 0 aliphatic carbocycles. The lowest BCUT2D eigenvalue weighted by atomic mass is 10.1. The van der Waals surface area contributed by atoms with E-state index in [1.54, 1.807) is 18.8 Å². The molecule has 0 bridgehead atoms. The lowest BCUT2D eigenvalue weighted by Gasteiger charge is -2.10. The third-order valence-electron chi connectivity index (χ3n) is 2.86. The topological polar surface area (TPSA) is 78.1 Å². The molecule has 1 aromatic heterocycles. The molecule has 19 heavy (non-hydrogen) atoms. The third kappa shape index (κ3) is 2.87. The zero-order valence-corrected chi connectivity index (χ0v) is 11.7. The number of nitrogens with two attached hydrogens (primary N) is 1. The van der Waals surface area contributed by atoms with Crippen LogP contribution in [0.3, 0.4) is 0 Å². The molecule has 0 spiro atoms. The van der Waals surface area contributed by atoms with Crippen LogP contribution in [-0.4, -0.2) is 29.0 Å². The van der Waals surface area contributed by atoms with E-state index in [2.05, 4.69) is 10.2 Å². The van der Waals surface area contributed by atoms with Crippen molar-refractivity contribution in [2.45, 2.75) is 13.0 Å². The first-order chi connectivity index (χ1) is 9.15. The molecule has 0 radical (unpaired) electrons. The van der Waals surface area contributed by atoms with Crippen LogP contribution in [0.15, 0.2) is 18.2 Å². The normalized spacial score (nSPS) is 10.4. The van der Waals surface area contributed by atoms with Gasteiger partial charge in [0.15, 0.2) is 16.3 Å². The summed E-state index contributed by atoms with van der Waals surface area (Å²) in [6.07, 6.45) is 0.776. The van der Waals surface area contributed by atoms with Gasteiger partial charge in [-0.1, -0.05) is 6.07 Å². The van der Waals surface area contributed by atoms with Crippen molar-refractivity contribution in [1.29, 1.82) is 0 Å². The molecule has 0 aliphatic heterocycles. The average molecular weight is 280 g/mol. The molecular formula is C12H16N4O2S. The molecule has 0 aliphatic rings. The Bertz CT molecular complexity index is 620. The highest BCUT2D eigenvalue weighted by Gasteiger charge is 2.06. The van der Waals surface area contributed by atoms with Crippen LogP contribution in [0.1, 0.15) is 5.56 Å². The standard InChI is InChI=1S/C12H16N4O2S/c1-17-9-4-3-8(7-10(9)18-2)5-6-16-11(13)14-15-12(16)19/h3-4,7H,5-6H2,1-2H3,(H2,13,14)(H,15,19). The van der Waals surface area contributed by atoms with Gasteiger partial charge in [-0.2, -0.15) is 0 Å². The van der Waals surface area contributed by atoms with Crippen LogP contribution in [0, 0.1) is 4.77 Å². The molecule has 0 atom stereocenters. The molecule has 1 aromatic carbocycles. The van der Waals surface area contributed by atoms with Crippen molar-refractivity contribution in [2.24, 2.45) is 0 Å². The number of nitrogens with one attached hydrogen (secondary N) is 1. The number of hydrogen-bond donors (Lipinski definition) is 2. The summed E-state index contributed by atoms with van der Waals surface area (Å²) < 4.78 is 12.7. The van der Waals surface area contributed by atoms with E-state index >= 15 is 0 Å². The molecule has 2 aromatic rings. The molecule has 3 N–H and O–H groups in total. The molecule has 0 amide bonds. The second-order valence-corrected chi connectivity index (χ2v) is 4.36. The predicted molar refractivity (Wildman–Crippen MR) is 75.1 cm³/mol. The Morgan fingerprint density at radius 1 is 1.32 bits per heavy atom. The SMILES string of the molecule is COc1ccc(CCn2c(N)n[nH]c2=S)cc1OC. The number of nitrogens with zero attached hydrogens (tertiary/aromatic N) is 2. The van der Waals surface area contributed by atoms with Gasteiger partial charge in [-0.3, -0.25) is 4.57 Å². The van der Waals surface area contributed by atoms with Crippen LogP contribution in [0.5, 0.6) is 11.5 Å². The first kappa shape index (κ1) is 13.4. The Labute approximate surface area is 116 Å². The Hall–Kier alpha value is -2.02. The molecule has 2 rings (SSSR count). The number of hydrogen-bond acceptors (Lipinski definition) is 5. The monoisotopic (exact) mass is 280 g/mol. The third-order valence-corrected chi connectivity index (χ3v) is 3.17. The van der Waals surface area contributed by atoms with Gasteiger partial charge in [-0.15, -0.1) is 5.10 Å². The molecule has 6 nitrogen and oxygen atoms in total. The highest BCUT2D eigenvalue weighted by Crippen LogP contribution is 2.27. The minimum Gasteiger partial charge on any atom is -0.493 e. The van der Waals surface area contributed by atoms with Crippen molar-refractivity contribution >= 4 is 18.2 Å². The minimum atomic E-state index is 0.394. The zero-order chi connectivity index (χ0) is 13.8. The molecular weight excluding hydrogens is 264 g/mol. The summed E-state index contributed by atoms with van der Waals surface area (Å²) in [5, 5.41) is 6.53. The summed E-state index contributed by atoms with van der Waals surface area (Å²) in [6, 6.07) is 5.81. The lowest BCUT2D eigenvalue weighted by molar-refractivity contribution is 0.354. The van der Waals surface area contributed by atoms with E-state index < -0.39 is 0 Å². The van der Waals surface area contributed by atoms with Gasteiger partial charge in [-0.25, -0.2) is 5.10 Å². The highest BCUT2D eigenvalue weighted by atomic mass is 32.1. The number of methoxy groups -OCH3 is 2. The fourth-order valence-electron chi connectivity index (χ4n) is 1.82. The van der Waals surface area contributed by atoms with Gasteiger partial charge in [0.25, 0.3) is 0 Å². The van der Waals surface area contributed by atoms with Crippen LogP contribution in [0.25, 0.3) is 0 Å². The lowest BCUT2D eigenvalue weighted by Crippen LogP contribution is -2.06. The Morgan fingerprint density at radius 3 is 2.63 bits per heavy atom. The fraction of sp³-hybridized carbons (Fsp3) is 0.333. The van der Waals surface area contributed by atoms with Crippen molar-refractivity contribution in [3.05, 3.63) is 28.5 Å². The van der Waals surface area contributed by atoms with Gasteiger partial charge in [-0.05, 0) is 36.3 Å². The fourth-order valence-corrected chi connectivity index (χ4v) is 2.05. The number of aryl methyl sites for hydroxylation is 1. The molecule has 0 saturated carbocycles. The number of anilines is 1. The van der Waals surface area contributed by atoms with Crippen LogP contribution in [0.2, 0.25) is 0 Å². The molecule has 7 heteroatoms. The minimum absolute atomic E-state index is 0.394. The number of nitrogen functional groups attached to an aromatic ring is 1. The summed E-state index contributed by atoms with van der Waals surface area (Å²) in [5.41, 5.74) is 6.83. The van der Waals surface area contributed by atoms with Crippen LogP contribution >= 0.6 is 12.2 Å². The average Bonchev–Trinajstić information content (AvgIpc) is 2.75. The Kier molecular flexibility index (Phi) is 4.06. The van der Waals surface area contributed by atoms with Gasteiger partial charge in [0.1, 0.15) is 0 Å². The van der Waals surface area contributed by atoms with E-state index in [0.717, 1.165) is 12.0 Å². The quantitative estimate of drug-likeness (QED) is 0.816. The molecule has 102 valence electrons. The predicted octanol–water partition coefficient (Wildman–Crippen LogP) is 1.78. The van der Waals surface area contributed by atoms with Crippen molar-refractivity contribution in [3.63, 3.8) is 0 Å². The second kappa shape index (κ2) is 5.75. The van der Waals surface area contributed by atoms with E-state index in [1.165, 1.54) is 0 Å². The second-order valence-electron chi connectivity index (χ2n) is 3.98. The smallest absolute Gasteiger partial charge is 0.220 e. The van der Waals surface area contributed by atoms with Gasteiger partial charge in [0.2, 0.25) is 5.95 Å². The number of aromatic amines is 1. The molecule has 0 saturated heterocycles. The van der Waals surface area contributed by atoms with E-state index in [0.29, 0.717) is 28.8 Å². The van der Waals surface area contributed by atoms with Crippen LogP contribution in [-0.2, 0) is 13.0 Å². The van der Waals surface area contributed by atoms with Crippen LogP contribution < -0.4 is 15.2 Å². The molecule has 0 unspecified atom stereocenters. The van der Waals surface area contributed by atoms with Gasteiger partial charge in [0, 0.05) is 6.54 Å². The number of rotatable bonds is 5. The van der Waals surface area contributed by atoms with Gasteiger partial charge < -0.3 is 15.2 Å². The largest absolute Gasteiger partial charge is 0.493 e. The first-order valence-corrected chi connectivity index (χ1v) is 6.18. The van der Waals surface area contributed by atoms with Crippen molar-refractivity contribution < 1.29 is 9.47 Å². The number of benzene rings is 1. The van der Waals surface area contributed by atoms with Crippen molar-refractivity contribution in [1.82, 2.24) is 14.8 Å². The molecule has 0 fully saturated rings. The maximum Gasteiger partial charge on any atom is 0.220 e. The summed E-state index contributed by atoms with van der Waals surface area (Å²) in [4.78, 5) is 0. The highest BCUT2D eigenvalue weighted by molar-refractivity contribution is 7.71. The summed E-state index contributed by atoms with van der Waals surface area (Å²) in [5.74, 6) is 1.82.